The van der Waals surface area contributed by atoms with Crippen molar-refractivity contribution in [2.75, 3.05) is 33.7 Å². The molecule has 2 atom stereocenters. The molecule has 3 N–H and O–H groups in total. The Hall–Kier alpha value is -2.15. The van der Waals surface area contributed by atoms with Crippen molar-refractivity contribution >= 4 is 11.9 Å². The summed E-state index contributed by atoms with van der Waals surface area (Å²) < 4.78 is 13.9. The number of nitrogens with one attached hydrogen (secondary N) is 3. The van der Waals surface area contributed by atoms with Crippen LogP contribution in [0.5, 0.6) is 0 Å². The molecule has 7 heteroatoms. The lowest BCUT2D eigenvalue weighted by atomic mass is 10.1. The number of amides is 1. The molecule has 0 radical (unpaired) electrons. The van der Waals surface area contributed by atoms with Gasteiger partial charge in [-0.3, -0.25) is 14.7 Å². The molecular weight excluding hydrogens is 333 g/mol. The second-order valence-corrected chi connectivity index (χ2v) is 7.05. The van der Waals surface area contributed by atoms with E-state index in [4.69, 9.17) is 0 Å². The average Bonchev–Trinajstić information content (AvgIpc) is 3.41. The van der Waals surface area contributed by atoms with Crippen LogP contribution < -0.4 is 16.0 Å². The van der Waals surface area contributed by atoms with E-state index >= 15 is 0 Å². The SMILES string of the molecule is CN=C(NC1CCN(CC(=O)NC)CC1)NC1CC1c1ccccc1F. The van der Waals surface area contributed by atoms with Gasteiger partial charge in [-0.25, -0.2) is 4.39 Å². The summed E-state index contributed by atoms with van der Waals surface area (Å²) in [5.74, 6) is 0.915. The van der Waals surface area contributed by atoms with Gasteiger partial charge in [0, 0.05) is 45.2 Å². The fraction of sp³-hybridized carbons (Fsp3) is 0.579. The number of hydrogen-bond acceptors (Lipinski definition) is 3. The van der Waals surface area contributed by atoms with Crippen LogP contribution in [0.15, 0.2) is 29.3 Å². The number of benzene rings is 1. The first kappa shape index (κ1) is 18.6. The minimum atomic E-state index is -0.131. The molecule has 2 unspecified atom stereocenters. The fourth-order valence-electron chi connectivity index (χ4n) is 3.53. The zero-order valence-corrected chi connectivity index (χ0v) is 15.5. The third kappa shape index (κ3) is 4.72. The number of aliphatic imine (C=N–C) groups is 1. The Balaban J connectivity index is 1.44. The molecule has 2 fully saturated rings. The maximum Gasteiger partial charge on any atom is 0.233 e. The molecule has 142 valence electrons. The number of guanidine groups is 1. The Kier molecular flexibility index (Phi) is 6.08. The van der Waals surface area contributed by atoms with Crippen molar-refractivity contribution < 1.29 is 9.18 Å². The topological polar surface area (TPSA) is 68.8 Å². The smallest absolute Gasteiger partial charge is 0.233 e. The van der Waals surface area contributed by atoms with Crippen LogP contribution in [0.2, 0.25) is 0 Å². The number of carbonyl (C=O) groups is 1. The monoisotopic (exact) mass is 361 g/mol. The molecule has 0 aromatic heterocycles. The first-order chi connectivity index (χ1) is 12.6. The highest BCUT2D eigenvalue weighted by molar-refractivity contribution is 5.81. The summed E-state index contributed by atoms with van der Waals surface area (Å²) in [7, 11) is 3.43. The maximum absolute atomic E-state index is 13.9. The van der Waals surface area contributed by atoms with Crippen LogP contribution in [0.3, 0.4) is 0 Å². The van der Waals surface area contributed by atoms with Gasteiger partial charge in [-0.05, 0) is 30.9 Å². The lowest BCUT2D eigenvalue weighted by Gasteiger charge is -2.32. The molecule has 1 heterocycles. The molecule has 1 amide bonds. The Morgan fingerprint density at radius 2 is 2.00 bits per heavy atom. The summed E-state index contributed by atoms with van der Waals surface area (Å²) in [5, 5.41) is 9.54. The van der Waals surface area contributed by atoms with Crippen molar-refractivity contribution in [3.05, 3.63) is 35.6 Å². The summed E-state index contributed by atoms with van der Waals surface area (Å²) >= 11 is 0. The highest BCUT2D eigenvalue weighted by Gasteiger charge is 2.40. The number of hydrogen-bond donors (Lipinski definition) is 3. The quantitative estimate of drug-likeness (QED) is 0.542. The maximum atomic E-state index is 13.9. The number of piperidine rings is 1. The molecule has 26 heavy (non-hydrogen) atoms. The summed E-state index contributed by atoms with van der Waals surface area (Å²) in [4.78, 5) is 17.9. The van der Waals surface area contributed by atoms with E-state index in [9.17, 15) is 9.18 Å². The number of nitrogens with zero attached hydrogens (tertiary/aromatic N) is 2. The van der Waals surface area contributed by atoms with E-state index in [1.54, 1.807) is 20.2 Å². The predicted octanol–water partition coefficient (Wildman–Crippen LogP) is 1.06. The van der Waals surface area contributed by atoms with Gasteiger partial charge in [0.25, 0.3) is 0 Å². The summed E-state index contributed by atoms with van der Waals surface area (Å²) in [5.41, 5.74) is 0.781. The number of likely N-dealkylation sites (N-methyl/N-ethyl adjacent to an activating group) is 1. The van der Waals surface area contributed by atoms with Crippen molar-refractivity contribution in [3.8, 4) is 0 Å². The van der Waals surface area contributed by atoms with Crippen LogP contribution >= 0.6 is 0 Å². The summed E-state index contributed by atoms with van der Waals surface area (Å²) in [6, 6.07) is 7.55. The van der Waals surface area contributed by atoms with Gasteiger partial charge in [0.1, 0.15) is 5.82 Å². The summed E-state index contributed by atoms with van der Waals surface area (Å²) in [6.45, 7) is 2.25. The van der Waals surface area contributed by atoms with Crippen molar-refractivity contribution in [3.63, 3.8) is 0 Å². The van der Waals surface area contributed by atoms with Crippen molar-refractivity contribution in [2.45, 2.75) is 37.3 Å². The lowest BCUT2D eigenvalue weighted by Crippen LogP contribution is -2.50. The van der Waals surface area contributed by atoms with Crippen LogP contribution in [0, 0.1) is 5.82 Å². The molecule has 1 aliphatic carbocycles. The molecule has 1 aliphatic heterocycles. The lowest BCUT2D eigenvalue weighted by molar-refractivity contribution is -0.122. The molecule has 2 aliphatic rings. The van der Waals surface area contributed by atoms with Crippen molar-refractivity contribution in [2.24, 2.45) is 4.99 Å². The van der Waals surface area contributed by atoms with Crippen molar-refractivity contribution in [1.82, 2.24) is 20.9 Å². The summed E-state index contributed by atoms with van der Waals surface area (Å²) in [6.07, 6.45) is 2.87. The molecule has 6 nitrogen and oxygen atoms in total. The normalized spacial score (nSPS) is 24.2. The van der Waals surface area contributed by atoms with E-state index in [1.165, 1.54) is 6.07 Å². The minimum absolute atomic E-state index is 0.0572. The molecule has 1 saturated heterocycles. The predicted molar refractivity (Wildman–Crippen MR) is 101 cm³/mol. The first-order valence-corrected chi connectivity index (χ1v) is 9.28. The zero-order valence-electron chi connectivity index (χ0n) is 15.5. The fourth-order valence-corrected chi connectivity index (χ4v) is 3.53. The second kappa shape index (κ2) is 8.49. The average molecular weight is 361 g/mol. The molecule has 1 aromatic rings. The van der Waals surface area contributed by atoms with Gasteiger partial charge in [0.2, 0.25) is 5.91 Å². The van der Waals surface area contributed by atoms with Gasteiger partial charge in [-0.2, -0.15) is 0 Å². The van der Waals surface area contributed by atoms with E-state index in [1.807, 2.05) is 12.1 Å². The van der Waals surface area contributed by atoms with E-state index in [0.717, 1.165) is 43.9 Å². The third-order valence-corrected chi connectivity index (χ3v) is 5.22. The van der Waals surface area contributed by atoms with E-state index in [2.05, 4.69) is 25.8 Å². The number of carbonyl (C=O) groups excluding carboxylic acids is 1. The van der Waals surface area contributed by atoms with Crippen LogP contribution in [0.25, 0.3) is 0 Å². The van der Waals surface area contributed by atoms with Gasteiger partial charge >= 0.3 is 0 Å². The first-order valence-electron chi connectivity index (χ1n) is 9.28. The van der Waals surface area contributed by atoms with Gasteiger partial charge < -0.3 is 16.0 Å². The van der Waals surface area contributed by atoms with Gasteiger partial charge in [-0.1, -0.05) is 18.2 Å². The van der Waals surface area contributed by atoms with Gasteiger partial charge in [-0.15, -0.1) is 0 Å². The van der Waals surface area contributed by atoms with Crippen LogP contribution in [-0.4, -0.2) is 62.6 Å². The highest BCUT2D eigenvalue weighted by atomic mass is 19.1. The molecule has 1 aromatic carbocycles. The number of likely N-dealkylation sites (tertiary alicyclic amines) is 1. The minimum Gasteiger partial charge on any atom is -0.358 e. The standard InChI is InChI=1S/C19H28FN5O/c1-21-18(26)12-25-9-7-13(8-10-25)23-19(22-2)24-17-11-15(17)14-5-3-4-6-16(14)20/h3-6,13,15,17H,7-12H2,1-2H3,(H,21,26)(H2,22,23,24). The molecule has 1 saturated carbocycles. The van der Waals surface area contributed by atoms with Crippen molar-refractivity contribution in [1.29, 1.82) is 0 Å². The second-order valence-electron chi connectivity index (χ2n) is 7.05. The Labute approximate surface area is 154 Å². The molecule has 0 bridgehead atoms. The Morgan fingerprint density at radius 3 is 2.65 bits per heavy atom. The number of halogens is 1. The highest BCUT2D eigenvalue weighted by Crippen LogP contribution is 2.41. The Morgan fingerprint density at radius 1 is 1.27 bits per heavy atom. The molecular formula is C19H28FN5O. The largest absolute Gasteiger partial charge is 0.358 e. The van der Waals surface area contributed by atoms with Crippen LogP contribution in [-0.2, 0) is 4.79 Å². The third-order valence-electron chi connectivity index (χ3n) is 5.22. The van der Waals surface area contributed by atoms with Gasteiger partial charge in [0.05, 0.1) is 6.54 Å². The van der Waals surface area contributed by atoms with E-state index in [0.29, 0.717) is 12.6 Å². The molecule has 0 spiro atoms. The van der Waals surface area contributed by atoms with Crippen LogP contribution in [0.1, 0.15) is 30.7 Å². The van der Waals surface area contributed by atoms with Crippen LogP contribution in [0.4, 0.5) is 4.39 Å². The zero-order chi connectivity index (χ0) is 18.5. The van der Waals surface area contributed by atoms with Gasteiger partial charge in [0.15, 0.2) is 5.96 Å². The Bertz CT molecular complexity index is 657. The van der Waals surface area contributed by atoms with E-state index < -0.39 is 0 Å². The molecule has 3 rings (SSSR count). The number of rotatable bonds is 5. The van der Waals surface area contributed by atoms with E-state index in [-0.39, 0.29) is 23.7 Å².